The van der Waals surface area contributed by atoms with Crippen LogP contribution in [0.25, 0.3) is 0 Å². The van der Waals surface area contributed by atoms with Gasteiger partial charge in [0.15, 0.2) is 0 Å². The first-order chi connectivity index (χ1) is 8.02. The number of rotatable bonds is 2. The van der Waals surface area contributed by atoms with Crippen molar-refractivity contribution >= 4 is 29.2 Å². The summed E-state index contributed by atoms with van der Waals surface area (Å²) >= 11 is 7.81. The van der Waals surface area contributed by atoms with Crippen LogP contribution in [0, 0.1) is 5.82 Å². The second-order valence-electron chi connectivity index (χ2n) is 4.80. The van der Waals surface area contributed by atoms with E-state index in [2.05, 4.69) is 23.7 Å². The van der Waals surface area contributed by atoms with E-state index in [-0.39, 0.29) is 10.6 Å². The van der Waals surface area contributed by atoms with Crippen molar-refractivity contribution in [3.8, 4) is 0 Å². The first-order valence-electron chi connectivity index (χ1n) is 5.61. The Labute approximate surface area is 111 Å². The van der Waals surface area contributed by atoms with E-state index in [1.807, 2.05) is 11.8 Å². The molecule has 1 saturated heterocycles. The van der Waals surface area contributed by atoms with Gasteiger partial charge in [-0.3, -0.25) is 0 Å². The molecule has 0 amide bonds. The predicted molar refractivity (Wildman–Crippen MR) is 72.5 cm³/mol. The maximum Gasteiger partial charge on any atom is 0.141 e. The molecule has 5 heteroatoms. The first kappa shape index (κ1) is 13.0. The molecule has 94 valence electrons. The normalized spacial score (nSPS) is 19.4. The lowest BCUT2D eigenvalue weighted by atomic mass is 10.1. The van der Waals surface area contributed by atoms with E-state index in [4.69, 9.17) is 11.6 Å². The summed E-state index contributed by atoms with van der Waals surface area (Å²) in [5, 5.41) is 0. The number of anilines is 1. The van der Waals surface area contributed by atoms with Gasteiger partial charge in [0.05, 0.1) is 12.1 Å². The molecule has 1 aliphatic heterocycles. The summed E-state index contributed by atoms with van der Waals surface area (Å²) in [4.78, 5) is 6.40. The monoisotopic (exact) mass is 274 g/mol. The maximum absolute atomic E-state index is 13.1. The average molecular weight is 275 g/mol. The molecule has 1 aliphatic rings. The molecular weight excluding hydrogens is 259 g/mol. The Morgan fingerprint density at radius 2 is 2.35 bits per heavy atom. The topological polar surface area (TPSA) is 16.1 Å². The van der Waals surface area contributed by atoms with Crippen LogP contribution in [0.4, 0.5) is 10.2 Å². The number of pyridine rings is 1. The zero-order valence-electron chi connectivity index (χ0n) is 10.0. The van der Waals surface area contributed by atoms with E-state index in [0.717, 1.165) is 30.2 Å². The second-order valence-corrected chi connectivity index (χ2v) is 6.87. The lowest BCUT2D eigenvalue weighted by Crippen LogP contribution is -2.43. The minimum atomic E-state index is -0.324. The summed E-state index contributed by atoms with van der Waals surface area (Å²) in [5.74, 6) is 1.86. The average Bonchev–Trinajstić information content (AvgIpc) is 2.27. The standard InChI is InChI=1S/C12H16ClFN2S/c1-12(2)8-16(3-4-17-12)11-9(6-13)5-10(14)7-15-11/h5,7H,3-4,6,8H2,1-2H3. The number of hydrogen-bond acceptors (Lipinski definition) is 3. The molecule has 0 N–H and O–H groups in total. The van der Waals surface area contributed by atoms with Crippen molar-refractivity contribution in [3.05, 3.63) is 23.6 Å². The van der Waals surface area contributed by atoms with Crippen LogP contribution in [-0.4, -0.2) is 28.6 Å². The van der Waals surface area contributed by atoms with E-state index in [0.29, 0.717) is 5.88 Å². The molecule has 0 saturated carbocycles. The molecule has 1 aromatic heterocycles. The molecule has 2 rings (SSSR count). The van der Waals surface area contributed by atoms with Gasteiger partial charge in [0.2, 0.25) is 0 Å². The van der Waals surface area contributed by atoms with Crippen LogP contribution in [0.1, 0.15) is 19.4 Å². The van der Waals surface area contributed by atoms with Gasteiger partial charge in [0.25, 0.3) is 0 Å². The number of alkyl halides is 1. The lowest BCUT2D eigenvalue weighted by Gasteiger charge is -2.38. The molecule has 0 aliphatic carbocycles. The highest BCUT2D eigenvalue weighted by Gasteiger charge is 2.28. The Hall–Kier alpha value is -0.480. The van der Waals surface area contributed by atoms with Crippen LogP contribution >= 0.6 is 23.4 Å². The van der Waals surface area contributed by atoms with E-state index < -0.39 is 0 Å². The minimum absolute atomic E-state index is 0.206. The number of thioether (sulfide) groups is 1. The molecule has 1 aromatic rings. The molecule has 1 fully saturated rings. The van der Waals surface area contributed by atoms with Crippen LogP contribution in [0.2, 0.25) is 0 Å². The van der Waals surface area contributed by atoms with E-state index in [1.165, 1.54) is 12.3 Å². The number of hydrogen-bond donors (Lipinski definition) is 0. The summed E-state index contributed by atoms with van der Waals surface area (Å²) < 4.78 is 13.3. The SMILES string of the molecule is CC1(C)CN(c2ncc(F)cc2CCl)CCS1. The quantitative estimate of drug-likeness (QED) is 0.770. The summed E-state index contributed by atoms with van der Waals surface area (Å²) in [6.07, 6.45) is 1.26. The number of aromatic nitrogens is 1. The van der Waals surface area contributed by atoms with Gasteiger partial charge in [-0.15, -0.1) is 11.6 Å². The van der Waals surface area contributed by atoms with Crippen LogP contribution in [-0.2, 0) is 5.88 Å². The van der Waals surface area contributed by atoms with E-state index in [1.54, 1.807) is 0 Å². The van der Waals surface area contributed by atoms with Crippen molar-refractivity contribution in [2.45, 2.75) is 24.5 Å². The Balaban J connectivity index is 2.27. The largest absolute Gasteiger partial charge is 0.354 e. The van der Waals surface area contributed by atoms with Crippen molar-refractivity contribution in [2.75, 3.05) is 23.7 Å². The van der Waals surface area contributed by atoms with Crippen LogP contribution in [0.15, 0.2) is 12.3 Å². The smallest absolute Gasteiger partial charge is 0.141 e. The molecule has 0 unspecified atom stereocenters. The summed E-state index contributed by atoms with van der Waals surface area (Å²) in [6.45, 7) is 6.29. The molecule has 0 bridgehead atoms. The zero-order chi connectivity index (χ0) is 12.5. The summed E-state index contributed by atoms with van der Waals surface area (Å²) in [6, 6.07) is 1.48. The van der Waals surface area contributed by atoms with Gasteiger partial charge in [-0.2, -0.15) is 11.8 Å². The fraction of sp³-hybridized carbons (Fsp3) is 0.583. The van der Waals surface area contributed by atoms with Gasteiger partial charge in [0.1, 0.15) is 11.6 Å². The highest BCUT2D eigenvalue weighted by atomic mass is 35.5. The third kappa shape index (κ3) is 3.05. The van der Waals surface area contributed by atoms with Crippen molar-refractivity contribution in [1.29, 1.82) is 0 Å². The third-order valence-corrected chi connectivity index (χ3v) is 4.36. The lowest BCUT2D eigenvalue weighted by molar-refractivity contribution is 0.612. The Morgan fingerprint density at radius 1 is 1.59 bits per heavy atom. The molecule has 2 nitrogen and oxygen atoms in total. The fourth-order valence-electron chi connectivity index (χ4n) is 2.05. The van der Waals surface area contributed by atoms with Gasteiger partial charge in [-0.05, 0) is 19.9 Å². The molecule has 17 heavy (non-hydrogen) atoms. The molecule has 0 aromatic carbocycles. The second kappa shape index (κ2) is 5.02. The van der Waals surface area contributed by atoms with Gasteiger partial charge in [-0.25, -0.2) is 9.37 Å². The summed E-state index contributed by atoms with van der Waals surface area (Å²) in [7, 11) is 0. The Kier molecular flexibility index (Phi) is 3.83. The molecule has 0 radical (unpaired) electrons. The third-order valence-electron chi connectivity index (χ3n) is 2.78. The zero-order valence-corrected chi connectivity index (χ0v) is 11.6. The van der Waals surface area contributed by atoms with Gasteiger partial charge in [0, 0.05) is 29.2 Å². The van der Waals surface area contributed by atoms with Gasteiger partial charge < -0.3 is 4.90 Å². The van der Waals surface area contributed by atoms with Crippen molar-refractivity contribution < 1.29 is 4.39 Å². The molecule has 0 atom stereocenters. The first-order valence-corrected chi connectivity index (χ1v) is 7.13. The van der Waals surface area contributed by atoms with Gasteiger partial charge in [-0.1, -0.05) is 0 Å². The maximum atomic E-state index is 13.1. The van der Waals surface area contributed by atoms with Crippen LogP contribution < -0.4 is 4.90 Å². The van der Waals surface area contributed by atoms with Crippen molar-refractivity contribution in [3.63, 3.8) is 0 Å². The number of nitrogens with zero attached hydrogens (tertiary/aromatic N) is 2. The van der Waals surface area contributed by atoms with E-state index in [9.17, 15) is 4.39 Å². The van der Waals surface area contributed by atoms with E-state index >= 15 is 0 Å². The van der Waals surface area contributed by atoms with Crippen LogP contribution in [0.3, 0.4) is 0 Å². The Bertz CT molecular complexity index is 411. The fourth-order valence-corrected chi connectivity index (χ4v) is 3.36. The minimum Gasteiger partial charge on any atom is -0.354 e. The predicted octanol–water partition coefficient (Wildman–Crippen LogP) is 3.29. The highest BCUT2D eigenvalue weighted by Crippen LogP contribution is 2.33. The summed E-state index contributed by atoms with van der Waals surface area (Å²) in [5.41, 5.74) is 0.773. The number of halogens is 2. The Morgan fingerprint density at radius 3 is 3.00 bits per heavy atom. The van der Waals surface area contributed by atoms with Crippen molar-refractivity contribution in [2.24, 2.45) is 0 Å². The molecule has 0 spiro atoms. The van der Waals surface area contributed by atoms with Crippen molar-refractivity contribution in [1.82, 2.24) is 4.98 Å². The molecular formula is C12H16ClFN2S. The van der Waals surface area contributed by atoms with Gasteiger partial charge >= 0.3 is 0 Å². The molecule has 2 heterocycles. The van der Waals surface area contributed by atoms with Crippen LogP contribution in [0.5, 0.6) is 0 Å². The highest BCUT2D eigenvalue weighted by molar-refractivity contribution is 8.00.